The van der Waals surface area contributed by atoms with Crippen LogP contribution in [0, 0.1) is 13.8 Å². The molecule has 2 N–H and O–H groups in total. The van der Waals surface area contributed by atoms with E-state index in [0.29, 0.717) is 23.4 Å². The van der Waals surface area contributed by atoms with Crippen molar-refractivity contribution in [1.29, 1.82) is 0 Å². The van der Waals surface area contributed by atoms with Gasteiger partial charge in [0.1, 0.15) is 0 Å². The molecule has 1 heterocycles. The van der Waals surface area contributed by atoms with Gasteiger partial charge in [-0.2, -0.15) is 0 Å². The van der Waals surface area contributed by atoms with Gasteiger partial charge >= 0.3 is 0 Å². The van der Waals surface area contributed by atoms with Crippen LogP contribution in [0.2, 0.25) is 0 Å². The molecule has 0 fully saturated rings. The highest BCUT2D eigenvalue weighted by Gasteiger charge is 2.17. The lowest BCUT2D eigenvalue weighted by atomic mass is 10.2. The van der Waals surface area contributed by atoms with E-state index in [-0.39, 0.29) is 17.7 Å². The summed E-state index contributed by atoms with van der Waals surface area (Å²) >= 11 is 0. The second kappa shape index (κ2) is 7.95. The molecule has 0 saturated carbocycles. The number of nitrogens with zero attached hydrogens (tertiary/aromatic N) is 1. The van der Waals surface area contributed by atoms with E-state index in [9.17, 15) is 13.2 Å². The third-order valence-corrected chi connectivity index (χ3v) is 5.63. The monoisotopic (exact) mass is 377 g/mol. The first kappa shape index (κ1) is 20.0. The predicted octanol–water partition coefficient (Wildman–Crippen LogP) is 4.09. The van der Waals surface area contributed by atoms with Gasteiger partial charge in [-0.25, -0.2) is 8.42 Å². The number of hydrogen-bond acceptors (Lipinski definition) is 3. The first-order valence-electron chi connectivity index (χ1n) is 8.75. The van der Waals surface area contributed by atoms with Crippen molar-refractivity contribution < 1.29 is 13.2 Å². The van der Waals surface area contributed by atoms with Gasteiger partial charge < -0.3 is 9.88 Å². The first-order chi connectivity index (χ1) is 12.1. The smallest absolute Gasteiger partial charge is 0.257 e. The summed E-state index contributed by atoms with van der Waals surface area (Å²) < 4.78 is 28.2. The number of amides is 1. The lowest BCUT2D eigenvalue weighted by Gasteiger charge is -2.13. The van der Waals surface area contributed by atoms with Crippen molar-refractivity contribution in [1.82, 2.24) is 4.57 Å². The van der Waals surface area contributed by atoms with Crippen LogP contribution in [-0.4, -0.2) is 24.6 Å². The Morgan fingerprint density at radius 1 is 1.12 bits per heavy atom. The quantitative estimate of drug-likeness (QED) is 0.763. The van der Waals surface area contributed by atoms with Crippen molar-refractivity contribution in [3.05, 3.63) is 47.3 Å². The Kier molecular flexibility index (Phi) is 6.13. The Bertz CT molecular complexity index is 881. The first-order valence-corrected chi connectivity index (χ1v) is 10.4. The van der Waals surface area contributed by atoms with Gasteiger partial charge in [0.05, 0.1) is 11.3 Å². The van der Waals surface area contributed by atoms with Gasteiger partial charge in [0, 0.05) is 28.8 Å². The van der Waals surface area contributed by atoms with E-state index < -0.39 is 10.0 Å². The minimum Gasteiger partial charge on any atom is -0.346 e. The van der Waals surface area contributed by atoms with E-state index in [0.717, 1.165) is 11.4 Å². The van der Waals surface area contributed by atoms with E-state index in [1.54, 1.807) is 24.3 Å². The summed E-state index contributed by atoms with van der Waals surface area (Å²) in [4.78, 5) is 12.6. The maximum atomic E-state index is 12.6. The van der Waals surface area contributed by atoms with Gasteiger partial charge in [-0.05, 0) is 64.4 Å². The maximum absolute atomic E-state index is 12.6. The largest absolute Gasteiger partial charge is 0.346 e. The molecule has 0 aliphatic heterocycles. The van der Waals surface area contributed by atoms with Crippen molar-refractivity contribution in [2.75, 3.05) is 15.8 Å². The minimum atomic E-state index is -3.32. The number of sulfonamides is 1. The van der Waals surface area contributed by atoms with Gasteiger partial charge in [0.15, 0.2) is 0 Å². The van der Waals surface area contributed by atoms with Crippen molar-refractivity contribution in [3.8, 4) is 0 Å². The molecule has 0 saturated heterocycles. The number of carbonyl (C=O) groups excluding carboxylic acids is 1. The van der Waals surface area contributed by atoms with Gasteiger partial charge in [-0.15, -0.1) is 0 Å². The molecule has 0 atom stereocenters. The molecule has 26 heavy (non-hydrogen) atoms. The third-order valence-electron chi connectivity index (χ3n) is 4.13. The Morgan fingerprint density at radius 2 is 1.69 bits per heavy atom. The predicted molar refractivity (Wildman–Crippen MR) is 106 cm³/mol. The number of aromatic nitrogens is 1. The molecule has 0 bridgehead atoms. The fourth-order valence-electron chi connectivity index (χ4n) is 3.12. The molecule has 0 aliphatic carbocycles. The van der Waals surface area contributed by atoms with Crippen molar-refractivity contribution >= 4 is 27.3 Å². The molecule has 0 aliphatic rings. The maximum Gasteiger partial charge on any atom is 0.257 e. The molecule has 1 aromatic carbocycles. The number of rotatable bonds is 7. The van der Waals surface area contributed by atoms with Crippen LogP contribution in [0.1, 0.15) is 55.0 Å². The van der Waals surface area contributed by atoms with Crippen molar-refractivity contribution in [2.45, 2.75) is 47.1 Å². The van der Waals surface area contributed by atoms with E-state index in [1.165, 1.54) is 0 Å². The highest BCUT2D eigenvalue weighted by atomic mass is 32.2. The molecule has 0 spiro atoms. The van der Waals surface area contributed by atoms with E-state index >= 15 is 0 Å². The average Bonchev–Trinajstić information content (AvgIpc) is 2.83. The highest BCUT2D eigenvalue weighted by Crippen LogP contribution is 2.22. The Hall–Kier alpha value is -2.28. The third kappa shape index (κ3) is 4.66. The van der Waals surface area contributed by atoms with E-state index in [2.05, 4.69) is 28.5 Å². The Balaban J connectivity index is 2.12. The number of aryl methyl sites for hydroxylation is 1. The molecule has 142 valence electrons. The molecule has 7 heteroatoms. The summed E-state index contributed by atoms with van der Waals surface area (Å²) in [5.74, 6) is -0.0962. The summed E-state index contributed by atoms with van der Waals surface area (Å²) in [6.07, 6.45) is 0.554. The molecule has 1 amide bonds. The summed E-state index contributed by atoms with van der Waals surface area (Å²) in [5, 5.41) is 2.86. The number of benzene rings is 1. The second-order valence-electron chi connectivity index (χ2n) is 6.70. The lowest BCUT2D eigenvalue weighted by molar-refractivity contribution is 0.102. The normalized spacial score (nSPS) is 11.6. The molecule has 0 unspecified atom stereocenters. The number of carbonyl (C=O) groups is 1. The van der Waals surface area contributed by atoms with Crippen LogP contribution in [0.5, 0.6) is 0 Å². The summed E-state index contributed by atoms with van der Waals surface area (Å²) in [6, 6.07) is 8.82. The molecule has 2 aromatic rings. The highest BCUT2D eigenvalue weighted by molar-refractivity contribution is 7.92. The van der Waals surface area contributed by atoms with Crippen molar-refractivity contribution in [2.24, 2.45) is 0 Å². The molecular weight excluding hydrogens is 350 g/mol. The van der Waals surface area contributed by atoms with Crippen LogP contribution in [0.15, 0.2) is 30.3 Å². The molecule has 0 radical (unpaired) electrons. The standard InChI is InChI=1S/C19H27N3O3S/c1-6-11-26(24,25)21-17-9-7-16(8-10-17)20-19(23)18-12-14(4)22(13(2)3)15(18)5/h7-10,12-13,21H,6,11H2,1-5H3,(H,20,23). The van der Waals surface area contributed by atoms with Gasteiger partial charge in [0.2, 0.25) is 10.0 Å². The van der Waals surface area contributed by atoms with Gasteiger partial charge in [-0.3, -0.25) is 9.52 Å². The summed E-state index contributed by atoms with van der Waals surface area (Å²) in [5.41, 5.74) is 3.71. The molecule has 6 nitrogen and oxygen atoms in total. The van der Waals surface area contributed by atoms with Crippen LogP contribution < -0.4 is 10.0 Å². The number of nitrogens with one attached hydrogen (secondary N) is 2. The Morgan fingerprint density at radius 3 is 2.19 bits per heavy atom. The fraction of sp³-hybridized carbons (Fsp3) is 0.421. The van der Waals surface area contributed by atoms with Gasteiger partial charge in [-0.1, -0.05) is 6.92 Å². The molecule has 2 rings (SSSR count). The SMILES string of the molecule is CCCS(=O)(=O)Nc1ccc(NC(=O)c2cc(C)n(C(C)C)c2C)cc1. The Labute approximate surface area is 155 Å². The van der Waals surface area contributed by atoms with Crippen LogP contribution in [0.25, 0.3) is 0 Å². The molecule has 1 aromatic heterocycles. The minimum absolute atomic E-state index is 0.0803. The summed E-state index contributed by atoms with van der Waals surface area (Å²) in [6.45, 7) is 9.91. The second-order valence-corrected chi connectivity index (χ2v) is 8.54. The number of anilines is 2. The summed E-state index contributed by atoms with van der Waals surface area (Å²) in [7, 11) is -3.32. The molecular formula is C19H27N3O3S. The fourth-order valence-corrected chi connectivity index (χ4v) is 4.26. The van der Waals surface area contributed by atoms with Crippen molar-refractivity contribution in [3.63, 3.8) is 0 Å². The van der Waals surface area contributed by atoms with Crippen LogP contribution in [0.3, 0.4) is 0 Å². The van der Waals surface area contributed by atoms with E-state index in [4.69, 9.17) is 0 Å². The van der Waals surface area contributed by atoms with Crippen LogP contribution >= 0.6 is 0 Å². The topological polar surface area (TPSA) is 80.2 Å². The van der Waals surface area contributed by atoms with Crippen LogP contribution in [-0.2, 0) is 10.0 Å². The van der Waals surface area contributed by atoms with Crippen LogP contribution in [0.4, 0.5) is 11.4 Å². The van der Waals surface area contributed by atoms with E-state index in [1.807, 2.05) is 26.8 Å². The lowest BCUT2D eigenvalue weighted by Crippen LogP contribution is -2.16. The zero-order valence-corrected chi connectivity index (χ0v) is 16.8. The average molecular weight is 378 g/mol. The number of hydrogen-bond donors (Lipinski definition) is 2. The van der Waals surface area contributed by atoms with Gasteiger partial charge in [0.25, 0.3) is 5.91 Å². The zero-order chi connectivity index (χ0) is 19.5. The zero-order valence-electron chi connectivity index (χ0n) is 16.0.